The van der Waals surface area contributed by atoms with Gasteiger partial charge in [-0.25, -0.2) is 4.39 Å². The first-order chi connectivity index (χ1) is 21.0. The summed E-state index contributed by atoms with van der Waals surface area (Å²) in [5, 5.41) is 3.06. The van der Waals surface area contributed by atoms with Crippen LogP contribution in [0.25, 0.3) is 11.1 Å². The topological polar surface area (TPSA) is 52.7 Å². The van der Waals surface area contributed by atoms with E-state index in [0.717, 1.165) is 49.2 Å². The number of likely N-dealkylation sites (tertiary alicyclic amines) is 1. The van der Waals surface area contributed by atoms with E-state index in [1.807, 2.05) is 65.6 Å². The average molecular weight is 578 g/mol. The van der Waals surface area contributed by atoms with Gasteiger partial charge in [0.25, 0.3) is 5.91 Å². The Labute approximate surface area is 254 Å². The van der Waals surface area contributed by atoms with Crippen LogP contribution in [0.15, 0.2) is 103 Å². The minimum absolute atomic E-state index is 0.0309. The van der Waals surface area contributed by atoms with E-state index in [1.165, 1.54) is 30.5 Å². The highest BCUT2D eigenvalue weighted by Gasteiger charge is 2.16. The second kappa shape index (κ2) is 15.3. The Morgan fingerprint density at radius 1 is 0.767 bits per heavy atom. The quantitative estimate of drug-likeness (QED) is 0.197. The number of halogens is 1. The number of amides is 2. The van der Waals surface area contributed by atoms with Crippen molar-refractivity contribution in [1.29, 1.82) is 0 Å². The predicted molar refractivity (Wildman–Crippen MR) is 170 cm³/mol. The van der Waals surface area contributed by atoms with E-state index < -0.39 is 0 Å². The normalized spacial score (nSPS) is 13.1. The maximum Gasteiger partial charge on any atom is 0.251 e. The largest absolute Gasteiger partial charge is 0.351 e. The molecule has 0 aliphatic carbocycles. The van der Waals surface area contributed by atoms with Gasteiger partial charge in [-0.2, -0.15) is 0 Å². The molecule has 0 atom stereocenters. The first-order valence-corrected chi connectivity index (χ1v) is 15.3. The van der Waals surface area contributed by atoms with E-state index >= 15 is 0 Å². The van der Waals surface area contributed by atoms with Gasteiger partial charge in [0.05, 0.1) is 6.42 Å². The first kappa shape index (κ1) is 30.2. The van der Waals surface area contributed by atoms with Crippen LogP contribution in [0.3, 0.4) is 0 Å². The van der Waals surface area contributed by atoms with Crippen LogP contribution in [0.1, 0.15) is 46.3 Å². The Hall–Kier alpha value is -4.29. The minimum atomic E-state index is -0.337. The van der Waals surface area contributed by atoms with Crippen LogP contribution in [-0.2, 0) is 24.2 Å². The number of carbonyl (C=O) groups is 2. The molecule has 5 rings (SSSR count). The van der Waals surface area contributed by atoms with Gasteiger partial charge in [-0.3, -0.25) is 9.59 Å². The molecular formula is C37H40FN3O2. The molecule has 1 N–H and O–H groups in total. The van der Waals surface area contributed by atoms with E-state index in [4.69, 9.17) is 0 Å². The van der Waals surface area contributed by atoms with Crippen molar-refractivity contribution in [2.24, 2.45) is 0 Å². The summed E-state index contributed by atoms with van der Waals surface area (Å²) in [4.78, 5) is 30.6. The molecule has 1 saturated heterocycles. The van der Waals surface area contributed by atoms with Crippen LogP contribution < -0.4 is 5.32 Å². The van der Waals surface area contributed by atoms with Gasteiger partial charge in [0, 0.05) is 31.7 Å². The summed E-state index contributed by atoms with van der Waals surface area (Å²) in [5.74, 6) is -0.433. The number of nitrogens with zero attached hydrogens (tertiary/aromatic N) is 2. The van der Waals surface area contributed by atoms with Crippen molar-refractivity contribution in [3.63, 3.8) is 0 Å². The number of rotatable bonds is 13. The molecule has 0 bridgehead atoms. The Morgan fingerprint density at radius 2 is 1.47 bits per heavy atom. The van der Waals surface area contributed by atoms with Crippen LogP contribution in [-0.4, -0.2) is 54.3 Å². The zero-order valence-corrected chi connectivity index (χ0v) is 24.7. The van der Waals surface area contributed by atoms with Crippen molar-refractivity contribution in [3.8, 4) is 11.1 Å². The SMILES string of the molecule is O=C(NCCN1CCCC1)c1cccc(-c2cccc(CN(CCCc3ccccc3)C(=O)Cc3cccc(F)c3)c2)c1. The lowest BCUT2D eigenvalue weighted by Crippen LogP contribution is -2.33. The lowest BCUT2D eigenvalue weighted by Gasteiger charge is -2.23. The van der Waals surface area contributed by atoms with E-state index in [0.29, 0.717) is 30.8 Å². The number of aryl methyl sites for hydroxylation is 1. The molecule has 222 valence electrons. The number of benzene rings is 4. The van der Waals surface area contributed by atoms with Crippen molar-refractivity contribution in [2.45, 2.75) is 38.6 Å². The molecule has 1 aliphatic heterocycles. The second-order valence-electron chi connectivity index (χ2n) is 11.3. The minimum Gasteiger partial charge on any atom is -0.351 e. The van der Waals surface area contributed by atoms with E-state index in [1.54, 1.807) is 12.1 Å². The molecule has 1 fully saturated rings. The predicted octanol–water partition coefficient (Wildman–Crippen LogP) is 6.52. The summed E-state index contributed by atoms with van der Waals surface area (Å²) in [7, 11) is 0. The number of nitrogens with one attached hydrogen (secondary N) is 1. The number of carbonyl (C=O) groups excluding carboxylic acids is 2. The van der Waals surface area contributed by atoms with Crippen LogP contribution in [0.5, 0.6) is 0 Å². The Balaban J connectivity index is 1.26. The molecule has 0 aromatic heterocycles. The fourth-order valence-electron chi connectivity index (χ4n) is 5.69. The van der Waals surface area contributed by atoms with E-state index in [2.05, 4.69) is 28.4 Å². The summed E-state index contributed by atoms with van der Waals surface area (Å²) in [5.41, 5.74) is 5.49. The van der Waals surface area contributed by atoms with Crippen molar-refractivity contribution in [1.82, 2.24) is 15.1 Å². The van der Waals surface area contributed by atoms with Crippen molar-refractivity contribution < 1.29 is 14.0 Å². The van der Waals surface area contributed by atoms with E-state index in [9.17, 15) is 14.0 Å². The maximum absolute atomic E-state index is 13.8. The molecule has 5 nitrogen and oxygen atoms in total. The number of hydrogen-bond acceptors (Lipinski definition) is 3. The molecule has 4 aromatic carbocycles. The monoisotopic (exact) mass is 577 g/mol. The van der Waals surface area contributed by atoms with Gasteiger partial charge >= 0.3 is 0 Å². The third kappa shape index (κ3) is 9.10. The van der Waals surface area contributed by atoms with Gasteiger partial charge in [-0.1, -0.05) is 72.8 Å². The van der Waals surface area contributed by atoms with Gasteiger partial charge < -0.3 is 15.1 Å². The maximum atomic E-state index is 13.8. The third-order valence-corrected chi connectivity index (χ3v) is 8.00. The van der Waals surface area contributed by atoms with Crippen molar-refractivity contribution >= 4 is 11.8 Å². The summed E-state index contributed by atoms with van der Waals surface area (Å²) < 4.78 is 13.8. The van der Waals surface area contributed by atoms with Gasteiger partial charge in [-0.15, -0.1) is 0 Å². The Morgan fingerprint density at radius 3 is 2.26 bits per heavy atom. The molecule has 6 heteroatoms. The molecule has 2 amide bonds. The zero-order valence-electron chi connectivity index (χ0n) is 24.7. The molecule has 1 aliphatic rings. The molecule has 43 heavy (non-hydrogen) atoms. The van der Waals surface area contributed by atoms with Crippen molar-refractivity contribution in [3.05, 3.63) is 131 Å². The Kier molecular flexibility index (Phi) is 10.7. The molecule has 0 saturated carbocycles. The Bertz CT molecular complexity index is 1500. The van der Waals surface area contributed by atoms with Crippen LogP contribution in [0.2, 0.25) is 0 Å². The third-order valence-electron chi connectivity index (χ3n) is 8.00. The summed E-state index contributed by atoms with van der Waals surface area (Å²) in [6.07, 6.45) is 4.33. The molecule has 0 radical (unpaired) electrons. The lowest BCUT2D eigenvalue weighted by molar-refractivity contribution is -0.131. The molecule has 1 heterocycles. The average Bonchev–Trinajstić information content (AvgIpc) is 3.55. The summed E-state index contributed by atoms with van der Waals surface area (Å²) >= 11 is 0. The highest BCUT2D eigenvalue weighted by Crippen LogP contribution is 2.23. The van der Waals surface area contributed by atoms with Gasteiger partial charge in [0.2, 0.25) is 5.91 Å². The second-order valence-corrected chi connectivity index (χ2v) is 11.3. The van der Waals surface area contributed by atoms with Crippen LogP contribution in [0, 0.1) is 5.82 Å². The van der Waals surface area contributed by atoms with Crippen LogP contribution in [0.4, 0.5) is 4.39 Å². The molecule has 0 unspecified atom stereocenters. The summed E-state index contributed by atoms with van der Waals surface area (Å²) in [6, 6.07) is 32.3. The summed E-state index contributed by atoms with van der Waals surface area (Å²) in [6.45, 7) is 4.80. The molecular weight excluding hydrogens is 537 g/mol. The van der Waals surface area contributed by atoms with Crippen molar-refractivity contribution in [2.75, 3.05) is 32.7 Å². The first-order valence-electron chi connectivity index (χ1n) is 15.3. The standard InChI is InChI=1S/C37H40FN3O2/c38-35-18-7-12-30(25-35)26-36(42)41(22-9-14-29-10-2-1-3-11-29)28-31-13-6-15-32(24-31)33-16-8-17-34(27-33)37(43)39-19-23-40-20-4-5-21-40/h1-3,6-8,10-13,15-18,24-25,27H,4-5,9,14,19-23,26,28H2,(H,39,43). The lowest BCUT2D eigenvalue weighted by atomic mass is 10.0. The van der Waals surface area contributed by atoms with E-state index in [-0.39, 0.29) is 24.1 Å². The number of hydrogen-bond donors (Lipinski definition) is 1. The highest BCUT2D eigenvalue weighted by molar-refractivity contribution is 5.95. The smallest absolute Gasteiger partial charge is 0.251 e. The molecule has 4 aromatic rings. The highest BCUT2D eigenvalue weighted by atomic mass is 19.1. The van der Waals surface area contributed by atoms with Crippen LogP contribution >= 0.6 is 0 Å². The fourth-order valence-corrected chi connectivity index (χ4v) is 5.69. The fraction of sp³-hybridized carbons (Fsp3) is 0.297. The van der Waals surface area contributed by atoms with Gasteiger partial charge in [-0.05, 0) is 96.9 Å². The molecule has 0 spiro atoms. The van der Waals surface area contributed by atoms with Gasteiger partial charge in [0.15, 0.2) is 0 Å². The van der Waals surface area contributed by atoms with Gasteiger partial charge in [0.1, 0.15) is 5.82 Å². The zero-order chi connectivity index (χ0) is 29.9.